The highest BCUT2D eigenvalue weighted by Gasteiger charge is 2.22. The van der Waals surface area contributed by atoms with Gasteiger partial charge in [-0.15, -0.1) is 0 Å². The largest absolute Gasteiger partial charge is 0.341 e. The number of rotatable bonds is 5. The first-order chi connectivity index (χ1) is 15.0. The van der Waals surface area contributed by atoms with Crippen molar-refractivity contribution in [3.8, 4) is 5.69 Å². The van der Waals surface area contributed by atoms with E-state index in [4.69, 9.17) is 4.84 Å². The van der Waals surface area contributed by atoms with Gasteiger partial charge in [-0.2, -0.15) is 0 Å². The predicted molar refractivity (Wildman–Crippen MR) is 123 cm³/mol. The molecule has 31 heavy (non-hydrogen) atoms. The maximum Gasteiger partial charge on any atom is 0.296 e. The number of hydrogen-bond donors (Lipinski definition) is 1. The molecule has 0 saturated carbocycles. The molecule has 0 radical (unpaired) electrons. The number of anilines is 2. The van der Waals surface area contributed by atoms with Crippen LogP contribution >= 0.6 is 0 Å². The zero-order valence-electron chi connectivity index (χ0n) is 17.5. The molecule has 0 saturated heterocycles. The third-order valence-corrected chi connectivity index (χ3v) is 4.95. The first kappa shape index (κ1) is 20.3. The molecule has 7 nitrogen and oxygen atoms in total. The Morgan fingerprint density at radius 2 is 1.71 bits per heavy atom. The number of hydrogen-bond acceptors (Lipinski definition) is 5. The van der Waals surface area contributed by atoms with Gasteiger partial charge >= 0.3 is 0 Å². The number of aromatic nitrogens is 2. The Balaban J connectivity index is 0.00000289. The molecular weight excluding hydrogens is 392 g/mol. The Morgan fingerprint density at radius 1 is 1.06 bits per heavy atom. The molecular formula is C24H24N4O3. The molecule has 4 aromatic rings. The molecule has 0 aliphatic carbocycles. The predicted octanol–water partition coefficient (Wildman–Crippen LogP) is 4.32. The molecule has 7 heteroatoms. The Hall–Kier alpha value is -3.97. The Morgan fingerprint density at radius 3 is 2.35 bits per heavy atom. The van der Waals surface area contributed by atoms with Gasteiger partial charge in [0.1, 0.15) is 11.5 Å². The number of hydroxylamine groups is 2. The number of aryl methyl sites for hydroxylation is 1. The van der Waals surface area contributed by atoms with Crippen LogP contribution in [-0.2, 0) is 4.84 Å². The van der Waals surface area contributed by atoms with E-state index in [1.165, 1.54) is 20.2 Å². The summed E-state index contributed by atoms with van der Waals surface area (Å²) in [5.74, 6) is 0.0932. The minimum absolute atomic E-state index is 0. The van der Waals surface area contributed by atoms with Gasteiger partial charge in [0.25, 0.3) is 5.91 Å². The van der Waals surface area contributed by atoms with E-state index in [-0.39, 0.29) is 17.9 Å². The van der Waals surface area contributed by atoms with Gasteiger partial charge in [-0.25, -0.2) is 10.0 Å². The Labute approximate surface area is 181 Å². The minimum atomic E-state index is -0.489. The molecule has 0 aliphatic heterocycles. The summed E-state index contributed by atoms with van der Waals surface area (Å²) in [7, 11) is 2.87. The molecule has 1 amide bonds. The van der Waals surface area contributed by atoms with Gasteiger partial charge in [0.2, 0.25) is 0 Å². The summed E-state index contributed by atoms with van der Waals surface area (Å²) in [4.78, 5) is 35.5. The first-order valence-electron chi connectivity index (χ1n) is 9.76. The minimum Gasteiger partial charge on any atom is -0.341 e. The molecule has 2 aromatic heterocycles. The van der Waals surface area contributed by atoms with Gasteiger partial charge in [-0.05, 0) is 37.3 Å². The van der Waals surface area contributed by atoms with Crippen LogP contribution in [0.2, 0.25) is 0 Å². The van der Waals surface area contributed by atoms with E-state index in [1.54, 1.807) is 6.92 Å². The highest BCUT2D eigenvalue weighted by Crippen LogP contribution is 2.27. The highest BCUT2D eigenvalue weighted by atomic mass is 16.7. The summed E-state index contributed by atoms with van der Waals surface area (Å²) in [6, 6.07) is 22.6. The first-order valence-corrected chi connectivity index (χ1v) is 9.76. The summed E-state index contributed by atoms with van der Waals surface area (Å²) < 4.78 is 1.92. The van der Waals surface area contributed by atoms with Crippen molar-refractivity contribution < 1.29 is 11.1 Å². The number of pyridine rings is 2. The molecule has 2 heterocycles. The summed E-state index contributed by atoms with van der Waals surface area (Å²) in [5, 5.41) is 4.63. The standard InChI is InChI=1S/C24H22N4O3.H2/c1-16-14-19-22(23(25-16)24(30)27(2)31-3)20(29)15-21(26-17-10-6-4-7-11-17)28(19)18-12-8-5-9-13-18;/h4-15,26H,1-3H3;1H. The van der Waals surface area contributed by atoms with Crippen molar-refractivity contribution >= 4 is 28.3 Å². The van der Waals surface area contributed by atoms with Crippen LogP contribution in [0.15, 0.2) is 77.6 Å². The van der Waals surface area contributed by atoms with E-state index in [9.17, 15) is 9.59 Å². The van der Waals surface area contributed by atoms with Crippen LogP contribution < -0.4 is 10.7 Å². The number of carbonyl (C=O) groups is 1. The number of nitrogens with one attached hydrogen (secondary N) is 1. The van der Waals surface area contributed by atoms with Crippen molar-refractivity contribution in [3.63, 3.8) is 0 Å². The maximum absolute atomic E-state index is 13.2. The zero-order valence-corrected chi connectivity index (χ0v) is 17.5. The van der Waals surface area contributed by atoms with Crippen LogP contribution in [-0.4, -0.2) is 34.7 Å². The number of para-hydroxylation sites is 2. The number of amides is 1. The van der Waals surface area contributed by atoms with Crippen LogP contribution in [0.25, 0.3) is 16.6 Å². The molecule has 0 aliphatic rings. The topological polar surface area (TPSA) is 76.5 Å². The second-order valence-electron chi connectivity index (χ2n) is 7.05. The maximum atomic E-state index is 13.2. The zero-order chi connectivity index (χ0) is 22.0. The van der Waals surface area contributed by atoms with Crippen molar-refractivity contribution in [2.75, 3.05) is 19.5 Å². The molecule has 4 rings (SSSR count). The van der Waals surface area contributed by atoms with Gasteiger partial charge in [-0.3, -0.25) is 19.0 Å². The van der Waals surface area contributed by atoms with E-state index in [1.807, 2.05) is 71.3 Å². The summed E-state index contributed by atoms with van der Waals surface area (Å²) in [5.41, 5.74) is 2.63. The lowest BCUT2D eigenvalue weighted by molar-refractivity contribution is -0.0759. The number of carbonyl (C=O) groups excluding carboxylic acids is 1. The number of nitrogens with zero attached hydrogens (tertiary/aromatic N) is 3. The van der Waals surface area contributed by atoms with Crippen LogP contribution in [0, 0.1) is 6.92 Å². The molecule has 1 N–H and O–H groups in total. The molecule has 0 spiro atoms. The van der Waals surface area contributed by atoms with Crippen molar-refractivity contribution in [3.05, 3.63) is 94.4 Å². The van der Waals surface area contributed by atoms with Gasteiger partial charge in [0, 0.05) is 31.6 Å². The van der Waals surface area contributed by atoms with Gasteiger partial charge < -0.3 is 5.32 Å². The molecule has 0 bridgehead atoms. The fourth-order valence-corrected chi connectivity index (χ4v) is 3.47. The lowest BCUT2D eigenvalue weighted by Crippen LogP contribution is -2.28. The molecule has 2 aromatic carbocycles. The summed E-state index contributed by atoms with van der Waals surface area (Å²) >= 11 is 0. The van der Waals surface area contributed by atoms with Crippen molar-refractivity contribution in [2.24, 2.45) is 0 Å². The molecule has 0 fully saturated rings. The van der Waals surface area contributed by atoms with E-state index in [0.29, 0.717) is 17.0 Å². The normalized spacial score (nSPS) is 10.8. The Kier molecular flexibility index (Phi) is 5.51. The molecule has 0 atom stereocenters. The Bertz CT molecular complexity index is 1310. The number of fused-ring (bicyclic) bond motifs is 1. The summed E-state index contributed by atoms with van der Waals surface area (Å²) in [6.07, 6.45) is 0. The van der Waals surface area contributed by atoms with E-state index in [2.05, 4.69) is 10.3 Å². The van der Waals surface area contributed by atoms with E-state index < -0.39 is 5.91 Å². The fraction of sp³-hybridized carbons (Fsp3) is 0.125. The van der Waals surface area contributed by atoms with Crippen molar-refractivity contribution in [2.45, 2.75) is 6.92 Å². The van der Waals surface area contributed by atoms with E-state index >= 15 is 0 Å². The van der Waals surface area contributed by atoms with Crippen molar-refractivity contribution in [1.29, 1.82) is 0 Å². The third kappa shape index (κ3) is 3.91. The second-order valence-corrected chi connectivity index (χ2v) is 7.05. The third-order valence-electron chi connectivity index (χ3n) is 4.95. The van der Waals surface area contributed by atoms with Gasteiger partial charge in [0.15, 0.2) is 5.43 Å². The van der Waals surface area contributed by atoms with Crippen LogP contribution in [0.5, 0.6) is 0 Å². The van der Waals surface area contributed by atoms with Gasteiger partial charge in [-0.1, -0.05) is 36.4 Å². The van der Waals surface area contributed by atoms with Crippen LogP contribution in [0.4, 0.5) is 11.5 Å². The quantitative estimate of drug-likeness (QED) is 0.491. The van der Waals surface area contributed by atoms with Crippen LogP contribution in [0.1, 0.15) is 17.6 Å². The second kappa shape index (κ2) is 8.41. The highest BCUT2D eigenvalue weighted by molar-refractivity contribution is 6.04. The average Bonchev–Trinajstić information content (AvgIpc) is 2.78. The van der Waals surface area contributed by atoms with Crippen LogP contribution in [0.3, 0.4) is 0 Å². The summed E-state index contributed by atoms with van der Waals surface area (Å²) in [6.45, 7) is 1.79. The SMILES string of the molecule is CON(C)C(=O)c1nc(C)cc2c1c(=O)cc(Nc1ccccc1)n2-c1ccccc1.[HH]. The lowest BCUT2D eigenvalue weighted by atomic mass is 10.1. The van der Waals surface area contributed by atoms with Gasteiger partial charge in [0.05, 0.1) is 18.0 Å². The van der Waals surface area contributed by atoms with Crippen molar-refractivity contribution in [1.82, 2.24) is 14.6 Å². The molecule has 158 valence electrons. The monoisotopic (exact) mass is 416 g/mol. The lowest BCUT2D eigenvalue weighted by Gasteiger charge is -2.20. The smallest absolute Gasteiger partial charge is 0.296 e. The number of benzene rings is 2. The molecule has 0 unspecified atom stereocenters. The fourth-order valence-electron chi connectivity index (χ4n) is 3.47. The average molecular weight is 416 g/mol. The van der Waals surface area contributed by atoms with E-state index in [0.717, 1.165) is 16.4 Å².